The average molecular weight is 214 g/mol. The number of halogens is 1. The second kappa shape index (κ2) is 5.78. The number of rotatable bonds is 5. The van der Waals surface area contributed by atoms with E-state index in [1.807, 2.05) is 0 Å². The lowest BCUT2D eigenvalue weighted by Gasteiger charge is -2.01. The Labute approximate surface area is 86.5 Å². The van der Waals surface area contributed by atoms with Gasteiger partial charge in [0.05, 0.1) is 5.94 Å². The van der Waals surface area contributed by atoms with Gasteiger partial charge in [-0.1, -0.05) is 23.9 Å². The van der Waals surface area contributed by atoms with Gasteiger partial charge in [-0.15, -0.1) is 0 Å². The fourth-order valence-corrected chi connectivity index (χ4v) is 1.52. The predicted molar refractivity (Wildman–Crippen MR) is 54.5 cm³/mol. The quantitative estimate of drug-likeness (QED) is 0.428. The van der Waals surface area contributed by atoms with Gasteiger partial charge in [-0.2, -0.15) is 0 Å². The lowest BCUT2D eigenvalue weighted by Crippen LogP contribution is -2.00. The molecule has 0 aliphatic heterocycles. The van der Waals surface area contributed by atoms with E-state index in [0.717, 1.165) is 4.90 Å². The van der Waals surface area contributed by atoms with Crippen LogP contribution in [0.3, 0.4) is 0 Å². The van der Waals surface area contributed by atoms with Gasteiger partial charge in [0.15, 0.2) is 12.5 Å². The van der Waals surface area contributed by atoms with Crippen LogP contribution in [0.15, 0.2) is 29.2 Å². The van der Waals surface area contributed by atoms with Crippen LogP contribution in [0.25, 0.3) is 0 Å². The van der Waals surface area contributed by atoms with Crippen LogP contribution in [-0.4, -0.2) is 25.5 Å². The number of Topliss-reactive ketones (excluding diaryl/α,β-unsaturated/α-hetero) is 1. The first kappa shape index (κ1) is 11.2. The van der Waals surface area contributed by atoms with Gasteiger partial charge >= 0.3 is 0 Å². The molecule has 0 radical (unpaired) electrons. The summed E-state index contributed by atoms with van der Waals surface area (Å²) in [6, 6.07) is 6.82. The second-order valence-electron chi connectivity index (χ2n) is 2.63. The minimum atomic E-state index is -0.940. The van der Waals surface area contributed by atoms with Crippen molar-refractivity contribution in [2.75, 3.05) is 19.7 Å². The molecule has 0 unspecified atom stereocenters. The minimum Gasteiger partial charge on any atom is -0.374 e. The predicted octanol–water partition coefficient (Wildman–Crippen LogP) is 2.53. The molecule has 0 aliphatic carbocycles. The summed E-state index contributed by atoms with van der Waals surface area (Å²) in [7, 11) is 1.62. The topological polar surface area (TPSA) is 26.3 Å². The molecule has 0 aliphatic rings. The van der Waals surface area contributed by atoms with Gasteiger partial charge < -0.3 is 4.74 Å². The fraction of sp³-hybridized carbons (Fsp3) is 0.300. The molecule has 0 saturated carbocycles. The largest absolute Gasteiger partial charge is 0.374 e. The molecule has 14 heavy (non-hydrogen) atoms. The number of hydrogen-bond acceptors (Lipinski definition) is 3. The highest BCUT2D eigenvalue weighted by Gasteiger charge is 2.03. The third-order valence-electron chi connectivity index (χ3n) is 1.64. The van der Waals surface area contributed by atoms with Gasteiger partial charge in [-0.25, -0.2) is 4.39 Å². The van der Waals surface area contributed by atoms with Crippen LogP contribution >= 0.6 is 11.8 Å². The van der Waals surface area contributed by atoms with Gasteiger partial charge in [0.1, 0.15) is 0 Å². The molecule has 0 amide bonds. The summed E-state index contributed by atoms with van der Waals surface area (Å²) in [6.07, 6.45) is 0. The minimum absolute atomic E-state index is 0.411. The molecule has 0 fully saturated rings. The monoisotopic (exact) mass is 214 g/mol. The maximum absolute atomic E-state index is 12.0. The highest BCUT2D eigenvalue weighted by Crippen LogP contribution is 2.18. The van der Waals surface area contributed by atoms with E-state index >= 15 is 0 Å². The number of carbonyl (C=O) groups excluding carboxylic acids is 1. The smallest absolute Gasteiger partial charge is 0.193 e. The lowest BCUT2D eigenvalue weighted by atomic mass is 10.1. The standard InChI is InChI=1S/C10H11FO2S/c1-13-7-14-9-4-2-8(3-5-9)10(12)6-11/h2-5H,6-7H2,1H3. The summed E-state index contributed by atoms with van der Waals surface area (Å²) in [5.41, 5.74) is 0.411. The summed E-state index contributed by atoms with van der Waals surface area (Å²) in [6.45, 7) is -0.940. The van der Waals surface area contributed by atoms with Crippen molar-refractivity contribution in [3.8, 4) is 0 Å². The van der Waals surface area contributed by atoms with E-state index in [4.69, 9.17) is 4.74 Å². The Kier molecular flexibility index (Phi) is 4.62. The molecule has 0 bridgehead atoms. The molecule has 0 saturated heterocycles. The fourth-order valence-electron chi connectivity index (χ4n) is 0.941. The zero-order chi connectivity index (χ0) is 10.4. The van der Waals surface area contributed by atoms with Crippen molar-refractivity contribution in [1.82, 2.24) is 0 Å². The summed E-state index contributed by atoms with van der Waals surface area (Å²) in [4.78, 5) is 11.9. The van der Waals surface area contributed by atoms with Crippen molar-refractivity contribution in [2.24, 2.45) is 0 Å². The van der Waals surface area contributed by atoms with Crippen LogP contribution in [0.5, 0.6) is 0 Å². The van der Waals surface area contributed by atoms with Crippen molar-refractivity contribution in [1.29, 1.82) is 0 Å². The van der Waals surface area contributed by atoms with Crippen molar-refractivity contribution < 1.29 is 13.9 Å². The molecule has 0 N–H and O–H groups in total. The summed E-state index contributed by atoms with van der Waals surface area (Å²) in [5.74, 6) is 0.0874. The number of carbonyl (C=O) groups is 1. The first-order valence-electron chi connectivity index (χ1n) is 4.09. The molecule has 0 aromatic heterocycles. The Morgan fingerprint density at radius 2 is 2.07 bits per heavy atom. The van der Waals surface area contributed by atoms with E-state index in [0.29, 0.717) is 11.5 Å². The number of ether oxygens (including phenoxy) is 1. The van der Waals surface area contributed by atoms with Gasteiger partial charge in [-0.3, -0.25) is 4.79 Å². The highest BCUT2D eigenvalue weighted by atomic mass is 32.2. The molecule has 4 heteroatoms. The van der Waals surface area contributed by atoms with E-state index < -0.39 is 12.5 Å². The van der Waals surface area contributed by atoms with Crippen LogP contribution < -0.4 is 0 Å². The Hall–Kier alpha value is -0.870. The summed E-state index contributed by atoms with van der Waals surface area (Å²) < 4.78 is 16.9. The SMILES string of the molecule is COCSc1ccc(C(=O)CF)cc1. The first-order valence-corrected chi connectivity index (χ1v) is 5.07. The zero-order valence-electron chi connectivity index (χ0n) is 7.83. The van der Waals surface area contributed by atoms with Crippen LogP contribution in [-0.2, 0) is 4.74 Å². The zero-order valence-corrected chi connectivity index (χ0v) is 8.64. The van der Waals surface area contributed by atoms with Gasteiger partial charge in [0.25, 0.3) is 0 Å². The molecule has 0 spiro atoms. The van der Waals surface area contributed by atoms with Crippen molar-refractivity contribution in [2.45, 2.75) is 4.90 Å². The van der Waals surface area contributed by atoms with E-state index in [1.165, 1.54) is 11.8 Å². The molecule has 1 rings (SSSR count). The third-order valence-corrected chi connectivity index (χ3v) is 2.60. The van der Waals surface area contributed by atoms with Gasteiger partial charge in [0, 0.05) is 17.6 Å². The lowest BCUT2D eigenvalue weighted by molar-refractivity contribution is 0.0958. The molecule has 1 aromatic carbocycles. The number of methoxy groups -OCH3 is 1. The van der Waals surface area contributed by atoms with Crippen molar-refractivity contribution >= 4 is 17.5 Å². The highest BCUT2D eigenvalue weighted by molar-refractivity contribution is 7.99. The number of thioether (sulfide) groups is 1. The van der Waals surface area contributed by atoms with Crippen molar-refractivity contribution in [3.05, 3.63) is 29.8 Å². The number of alkyl halides is 1. The third kappa shape index (κ3) is 3.12. The molecular weight excluding hydrogens is 203 g/mol. The number of hydrogen-bond donors (Lipinski definition) is 0. The second-order valence-corrected chi connectivity index (χ2v) is 3.63. The maximum Gasteiger partial charge on any atom is 0.193 e. The van der Waals surface area contributed by atoms with E-state index in [1.54, 1.807) is 31.4 Å². The van der Waals surface area contributed by atoms with E-state index in [9.17, 15) is 9.18 Å². The Morgan fingerprint density at radius 3 is 2.57 bits per heavy atom. The Bertz CT molecular complexity index is 297. The molecule has 0 atom stereocenters. The van der Waals surface area contributed by atoms with Crippen molar-refractivity contribution in [3.63, 3.8) is 0 Å². The normalized spacial score (nSPS) is 10.1. The van der Waals surface area contributed by atoms with Crippen LogP contribution in [0.2, 0.25) is 0 Å². The van der Waals surface area contributed by atoms with E-state index in [2.05, 4.69) is 0 Å². The Balaban J connectivity index is 2.63. The Morgan fingerprint density at radius 1 is 1.43 bits per heavy atom. The van der Waals surface area contributed by atoms with Gasteiger partial charge in [-0.05, 0) is 12.1 Å². The summed E-state index contributed by atoms with van der Waals surface area (Å²) in [5, 5.41) is 0. The number of ketones is 1. The van der Waals surface area contributed by atoms with Crippen LogP contribution in [0.1, 0.15) is 10.4 Å². The molecule has 76 valence electrons. The molecular formula is C10H11FO2S. The average Bonchev–Trinajstić information content (AvgIpc) is 2.26. The summed E-state index contributed by atoms with van der Waals surface area (Å²) >= 11 is 1.52. The first-order chi connectivity index (χ1) is 6.77. The number of benzene rings is 1. The van der Waals surface area contributed by atoms with Crippen LogP contribution in [0.4, 0.5) is 4.39 Å². The molecule has 2 nitrogen and oxygen atoms in total. The molecule has 0 heterocycles. The van der Waals surface area contributed by atoms with Crippen LogP contribution in [0, 0.1) is 0 Å². The molecule has 1 aromatic rings. The van der Waals surface area contributed by atoms with Gasteiger partial charge in [0.2, 0.25) is 0 Å². The van der Waals surface area contributed by atoms with E-state index in [-0.39, 0.29) is 0 Å². The maximum atomic E-state index is 12.0.